The van der Waals surface area contributed by atoms with E-state index >= 15 is 0 Å². The second-order valence-electron chi connectivity index (χ2n) is 16.9. The summed E-state index contributed by atoms with van der Waals surface area (Å²) in [5, 5.41) is 7.72. The van der Waals surface area contributed by atoms with E-state index in [9.17, 15) is 0 Å². The Morgan fingerprint density at radius 3 is 1.53 bits per heavy atom. The van der Waals surface area contributed by atoms with Crippen LogP contribution in [-0.4, -0.2) is 0 Å². The zero-order chi connectivity index (χ0) is 37.2. The minimum atomic E-state index is -0.0668. The summed E-state index contributed by atoms with van der Waals surface area (Å²) < 4.78 is 0. The minimum absolute atomic E-state index is 0.0495. The van der Waals surface area contributed by atoms with Crippen molar-refractivity contribution in [3.8, 4) is 55.6 Å². The molecule has 0 unspecified atom stereocenters. The quantitative estimate of drug-likeness (QED) is 0.161. The number of benzene rings is 9. The minimum Gasteiger partial charge on any atom is -0.0619 e. The van der Waals surface area contributed by atoms with Crippen molar-refractivity contribution in [3.63, 3.8) is 0 Å². The Morgan fingerprint density at radius 2 is 0.782 bits per heavy atom. The van der Waals surface area contributed by atoms with E-state index in [4.69, 9.17) is 0 Å². The molecule has 0 aromatic heterocycles. The average molecular weight is 703 g/mol. The smallest absolute Gasteiger partial charge is 0.0159 e. The summed E-state index contributed by atoms with van der Waals surface area (Å²) in [6, 6.07) is 62.1. The Balaban J connectivity index is 1.17. The highest BCUT2D eigenvalue weighted by atomic mass is 14.4. The van der Waals surface area contributed by atoms with E-state index in [0.717, 1.165) is 0 Å². The maximum atomic E-state index is 2.46. The van der Waals surface area contributed by atoms with Gasteiger partial charge in [0.15, 0.2) is 0 Å². The summed E-state index contributed by atoms with van der Waals surface area (Å²) in [6.07, 6.45) is 0. The monoisotopic (exact) mass is 702 g/mol. The van der Waals surface area contributed by atoms with Crippen LogP contribution in [0.2, 0.25) is 0 Å². The van der Waals surface area contributed by atoms with Crippen LogP contribution in [0.1, 0.15) is 55.5 Å². The van der Waals surface area contributed by atoms with Gasteiger partial charge in [-0.3, -0.25) is 0 Å². The van der Waals surface area contributed by atoms with Crippen LogP contribution in [0.5, 0.6) is 0 Å². The summed E-state index contributed by atoms with van der Waals surface area (Å²) in [5.41, 5.74) is 20.0. The van der Waals surface area contributed by atoms with Crippen LogP contribution < -0.4 is 0 Å². The van der Waals surface area contributed by atoms with E-state index in [2.05, 4.69) is 198 Å². The lowest BCUT2D eigenvalue weighted by molar-refractivity contribution is 0.660. The van der Waals surface area contributed by atoms with Gasteiger partial charge in [-0.2, -0.15) is 0 Å². The van der Waals surface area contributed by atoms with Crippen LogP contribution in [0.4, 0.5) is 0 Å². The highest BCUT2D eigenvalue weighted by Gasteiger charge is 2.38. The maximum Gasteiger partial charge on any atom is 0.0159 e. The molecule has 9 aromatic rings. The van der Waals surface area contributed by atoms with Gasteiger partial charge in [-0.1, -0.05) is 191 Å². The van der Waals surface area contributed by atoms with Gasteiger partial charge < -0.3 is 0 Å². The van der Waals surface area contributed by atoms with E-state index in [1.165, 1.54) is 116 Å². The summed E-state index contributed by atoms with van der Waals surface area (Å²) in [6.45, 7) is 11.7. The molecule has 9 aromatic carbocycles. The van der Waals surface area contributed by atoms with Gasteiger partial charge in [0.2, 0.25) is 0 Å². The zero-order valence-electron chi connectivity index (χ0n) is 32.1. The molecule has 0 heteroatoms. The molecule has 0 fully saturated rings. The predicted octanol–water partition coefficient (Wildman–Crippen LogP) is 15.1. The van der Waals surface area contributed by atoms with Gasteiger partial charge in [0.1, 0.15) is 0 Å². The van der Waals surface area contributed by atoms with Crippen molar-refractivity contribution in [2.24, 2.45) is 0 Å². The van der Waals surface area contributed by atoms with E-state index < -0.39 is 0 Å². The molecule has 11 rings (SSSR count). The van der Waals surface area contributed by atoms with Crippen molar-refractivity contribution in [2.45, 2.75) is 45.4 Å². The average Bonchev–Trinajstić information content (AvgIpc) is 3.59. The van der Waals surface area contributed by atoms with E-state index in [1.54, 1.807) is 0 Å². The van der Waals surface area contributed by atoms with Gasteiger partial charge >= 0.3 is 0 Å². The number of aryl methyl sites for hydroxylation is 1. The predicted molar refractivity (Wildman–Crippen MR) is 235 cm³/mol. The molecule has 0 saturated heterocycles. The molecule has 0 saturated carbocycles. The molecule has 55 heavy (non-hydrogen) atoms. The Bertz CT molecular complexity index is 3100. The first-order valence-corrected chi connectivity index (χ1v) is 19.7. The highest BCUT2D eigenvalue weighted by molar-refractivity contribution is 6.25. The first kappa shape index (κ1) is 32.2. The number of hydrogen-bond acceptors (Lipinski definition) is 0. The SMILES string of the molecule is Cc1ccc2c(-c3ccc(-c4ccc5c(c4)C(C)(C)c4ccccc4-5)c4ccccc34)c3ccccc3c(-c3cccc4c3-c3ccccc3C4(C)C)c2c1. The molecular weight excluding hydrogens is 661 g/mol. The van der Waals surface area contributed by atoms with E-state index in [0.29, 0.717) is 0 Å². The lowest BCUT2D eigenvalue weighted by Crippen LogP contribution is -2.14. The zero-order valence-corrected chi connectivity index (χ0v) is 32.1. The van der Waals surface area contributed by atoms with Gasteiger partial charge in [0.25, 0.3) is 0 Å². The molecule has 0 aliphatic heterocycles. The molecule has 0 nitrogen and oxygen atoms in total. The van der Waals surface area contributed by atoms with Crippen molar-refractivity contribution in [3.05, 3.63) is 192 Å². The van der Waals surface area contributed by atoms with Crippen LogP contribution >= 0.6 is 0 Å². The summed E-state index contributed by atoms with van der Waals surface area (Å²) in [7, 11) is 0. The third-order valence-electron chi connectivity index (χ3n) is 13.1. The lowest BCUT2D eigenvalue weighted by atomic mass is 9.80. The Morgan fingerprint density at radius 1 is 0.291 bits per heavy atom. The molecule has 262 valence electrons. The molecule has 0 N–H and O–H groups in total. The molecule has 0 bridgehead atoms. The third kappa shape index (κ3) is 4.40. The fourth-order valence-corrected chi connectivity index (χ4v) is 10.5. The third-order valence-corrected chi connectivity index (χ3v) is 13.1. The second kappa shape index (κ2) is 11.4. The number of fused-ring (bicyclic) bond motifs is 9. The fourth-order valence-electron chi connectivity index (χ4n) is 10.5. The van der Waals surface area contributed by atoms with Crippen LogP contribution in [0.25, 0.3) is 88.0 Å². The number of hydrogen-bond donors (Lipinski definition) is 0. The molecule has 0 heterocycles. The fraction of sp³-hybridized carbons (Fsp3) is 0.127. The lowest BCUT2D eigenvalue weighted by Gasteiger charge is -2.23. The molecule has 0 radical (unpaired) electrons. The van der Waals surface area contributed by atoms with Gasteiger partial charge in [-0.05, 0) is 123 Å². The largest absolute Gasteiger partial charge is 0.0619 e. The van der Waals surface area contributed by atoms with Gasteiger partial charge in [-0.25, -0.2) is 0 Å². The van der Waals surface area contributed by atoms with Gasteiger partial charge in [-0.15, -0.1) is 0 Å². The topological polar surface area (TPSA) is 0 Å². The molecular formula is C55H42. The maximum absolute atomic E-state index is 2.46. The van der Waals surface area contributed by atoms with Crippen LogP contribution in [-0.2, 0) is 10.8 Å². The van der Waals surface area contributed by atoms with Crippen LogP contribution in [0.15, 0.2) is 164 Å². The molecule has 0 atom stereocenters. The van der Waals surface area contributed by atoms with Crippen molar-refractivity contribution in [1.82, 2.24) is 0 Å². The Labute approximate surface area is 323 Å². The first-order chi connectivity index (χ1) is 26.7. The normalized spacial score (nSPS) is 14.6. The van der Waals surface area contributed by atoms with Crippen molar-refractivity contribution < 1.29 is 0 Å². The van der Waals surface area contributed by atoms with Crippen LogP contribution in [0, 0.1) is 6.92 Å². The van der Waals surface area contributed by atoms with E-state index in [-0.39, 0.29) is 10.8 Å². The molecule has 2 aliphatic carbocycles. The standard InChI is InChI=1S/C55H42/c1-33-25-27-43-46(31-33)52(45-21-14-24-49-53(45)44-20-11-13-23-48(44)54(49,2)3)41-19-9-8-18-40(41)51(43)42-30-29-35(36-15-6-7-16-37(36)42)34-26-28-39-38-17-10-12-22-47(38)55(4,5)50(39)32-34/h6-32H,1-5H3. The first-order valence-electron chi connectivity index (χ1n) is 19.7. The van der Waals surface area contributed by atoms with Crippen molar-refractivity contribution in [1.29, 1.82) is 0 Å². The number of rotatable bonds is 3. The Hall–Kier alpha value is -6.24. The van der Waals surface area contributed by atoms with Crippen molar-refractivity contribution in [2.75, 3.05) is 0 Å². The second-order valence-corrected chi connectivity index (χ2v) is 16.9. The Kier molecular flexibility index (Phi) is 6.67. The van der Waals surface area contributed by atoms with Gasteiger partial charge in [0.05, 0.1) is 0 Å². The van der Waals surface area contributed by atoms with Crippen molar-refractivity contribution >= 4 is 32.3 Å². The summed E-state index contributed by atoms with van der Waals surface area (Å²) in [4.78, 5) is 0. The molecule has 2 aliphatic rings. The van der Waals surface area contributed by atoms with Gasteiger partial charge in [0, 0.05) is 10.8 Å². The highest BCUT2D eigenvalue weighted by Crippen LogP contribution is 2.55. The van der Waals surface area contributed by atoms with Crippen LogP contribution in [0.3, 0.4) is 0 Å². The summed E-state index contributed by atoms with van der Waals surface area (Å²) >= 11 is 0. The molecule has 0 amide bonds. The van der Waals surface area contributed by atoms with E-state index in [1.807, 2.05) is 0 Å². The molecule has 0 spiro atoms. The summed E-state index contributed by atoms with van der Waals surface area (Å²) in [5.74, 6) is 0.